The molecule has 0 saturated heterocycles. The lowest BCUT2D eigenvalue weighted by Gasteiger charge is -2.34. The summed E-state index contributed by atoms with van der Waals surface area (Å²) < 4.78 is 0. The summed E-state index contributed by atoms with van der Waals surface area (Å²) >= 11 is 0. The van der Waals surface area contributed by atoms with Crippen LogP contribution < -0.4 is 0 Å². The van der Waals surface area contributed by atoms with Crippen LogP contribution in [-0.4, -0.2) is 0 Å². The molecule has 0 heteroatoms. The van der Waals surface area contributed by atoms with E-state index in [0.29, 0.717) is 0 Å². The quantitative estimate of drug-likeness (QED) is 0.154. The maximum Gasteiger partial charge on any atom is 0.0725 e. The fourth-order valence-electron chi connectivity index (χ4n) is 14.9. The molecule has 0 unspecified atom stereocenters. The van der Waals surface area contributed by atoms with Crippen LogP contribution in [0.5, 0.6) is 0 Å². The van der Waals surface area contributed by atoms with Gasteiger partial charge in [0.25, 0.3) is 0 Å². The van der Waals surface area contributed by atoms with E-state index in [0.717, 1.165) is 0 Å². The average Bonchev–Trinajstić information content (AvgIpc) is 4.02. The van der Waals surface area contributed by atoms with Gasteiger partial charge in [-0.05, 0) is 178 Å². The van der Waals surface area contributed by atoms with Crippen molar-refractivity contribution in [3.63, 3.8) is 0 Å². The van der Waals surface area contributed by atoms with Gasteiger partial charge in [0.15, 0.2) is 0 Å². The molecule has 0 atom stereocenters. The van der Waals surface area contributed by atoms with E-state index in [1.807, 2.05) is 0 Å². The van der Waals surface area contributed by atoms with E-state index in [-0.39, 0.29) is 0 Å². The smallest absolute Gasteiger partial charge is 0.0622 e. The summed E-state index contributed by atoms with van der Waals surface area (Å²) in [6, 6.07) is 106. The topological polar surface area (TPSA) is 0 Å². The van der Waals surface area contributed by atoms with Gasteiger partial charge in [0.05, 0.1) is 10.8 Å². The normalized spacial score (nSPS) is 14.0. The van der Waals surface area contributed by atoms with Crippen LogP contribution in [0.1, 0.15) is 44.5 Å². The Balaban J connectivity index is 0.908. The van der Waals surface area contributed by atoms with Crippen LogP contribution in [0.4, 0.5) is 0 Å². The summed E-state index contributed by atoms with van der Waals surface area (Å²) in [6.07, 6.45) is 0. The zero-order chi connectivity index (χ0) is 49.7. The first kappa shape index (κ1) is 41.8. The number of rotatable bonds is 4. The van der Waals surface area contributed by atoms with Gasteiger partial charge in [0.1, 0.15) is 0 Å². The molecule has 350 valence electrons. The first-order valence-corrected chi connectivity index (χ1v) is 26.7. The van der Waals surface area contributed by atoms with Gasteiger partial charge in [-0.3, -0.25) is 0 Å². The van der Waals surface area contributed by atoms with Crippen molar-refractivity contribution in [1.29, 1.82) is 0 Å². The summed E-state index contributed by atoms with van der Waals surface area (Å²) in [7, 11) is 0. The molecule has 3 aliphatic carbocycles. The summed E-state index contributed by atoms with van der Waals surface area (Å²) in [5.41, 5.74) is 22.5. The van der Waals surface area contributed by atoms with Gasteiger partial charge < -0.3 is 0 Å². The maximum absolute atomic E-state index is 2.53. The molecule has 0 aromatic heterocycles. The molecule has 0 radical (unpaired) electrons. The van der Waals surface area contributed by atoms with E-state index >= 15 is 0 Å². The predicted molar refractivity (Wildman–Crippen MR) is 318 cm³/mol. The molecule has 17 rings (SSSR count). The number of hydrogen-bond donors (Lipinski definition) is 0. The van der Waals surface area contributed by atoms with E-state index in [1.54, 1.807) is 0 Å². The van der Waals surface area contributed by atoms with E-state index < -0.39 is 10.8 Å². The molecule has 76 heavy (non-hydrogen) atoms. The number of fused-ring (bicyclic) bond motifs is 24. The van der Waals surface area contributed by atoms with Crippen LogP contribution >= 0.6 is 0 Å². The molecule has 0 aliphatic heterocycles. The highest BCUT2D eigenvalue weighted by molar-refractivity contribution is 6.39. The number of benzene rings is 14. The molecular weight excluding hydrogens is 913 g/mol. The Morgan fingerprint density at radius 2 is 0.461 bits per heavy atom. The van der Waals surface area contributed by atoms with Crippen molar-refractivity contribution in [1.82, 2.24) is 0 Å². The first-order valence-electron chi connectivity index (χ1n) is 26.7. The minimum atomic E-state index is -0.480. The summed E-state index contributed by atoms with van der Waals surface area (Å²) in [5.74, 6) is 0. The highest BCUT2D eigenvalue weighted by atomic mass is 14.5. The summed E-state index contributed by atoms with van der Waals surface area (Å²) in [5, 5.41) is 12.8. The van der Waals surface area contributed by atoms with Crippen LogP contribution in [0.2, 0.25) is 0 Å². The fraction of sp³-hybridized carbons (Fsp3) is 0.0263. The van der Waals surface area contributed by atoms with Gasteiger partial charge in [0, 0.05) is 0 Å². The second kappa shape index (κ2) is 15.5. The predicted octanol–water partition coefficient (Wildman–Crippen LogP) is 19.5. The molecule has 0 bridgehead atoms. The van der Waals surface area contributed by atoms with E-state index in [4.69, 9.17) is 0 Å². The zero-order valence-electron chi connectivity index (χ0n) is 41.6. The van der Waals surface area contributed by atoms with Crippen molar-refractivity contribution in [3.05, 3.63) is 324 Å². The van der Waals surface area contributed by atoms with Crippen molar-refractivity contribution < 1.29 is 0 Å². The van der Waals surface area contributed by atoms with E-state index in [1.165, 1.54) is 154 Å². The van der Waals surface area contributed by atoms with Crippen molar-refractivity contribution in [2.75, 3.05) is 0 Å². The molecule has 14 aromatic carbocycles. The lowest BCUT2D eigenvalue weighted by Crippen LogP contribution is -2.28. The van der Waals surface area contributed by atoms with Gasteiger partial charge in [-0.25, -0.2) is 0 Å². The Labute approximate surface area is 441 Å². The highest BCUT2D eigenvalue weighted by Gasteiger charge is 2.52. The van der Waals surface area contributed by atoms with Crippen molar-refractivity contribution >= 4 is 53.9 Å². The van der Waals surface area contributed by atoms with Crippen LogP contribution in [-0.2, 0) is 10.8 Å². The Bertz CT molecular complexity index is 4480. The van der Waals surface area contributed by atoms with Crippen molar-refractivity contribution in [2.45, 2.75) is 10.8 Å². The van der Waals surface area contributed by atoms with Gasteiger partial charge in [-0.15, -0.1) is 0 Å². The summed E-state index contributed by atoms with van der Waals surface area (Å²) in [6.45, 7) is 0. The second-order valence-corrected chi connectivity index (χ2v) is 21.3. The first-order chi connectivity index (χ1) is 37.7. The van der Waals surface area contributed by atoms with E-state index in [2.05, 4.69) is 279 Å². The van der Waals surface area contributed by atoms with E-state index in [9.17, 15) is 0 Å². The molecule has 0 nitrogen and oxygen atoms in total. The van der Waals surface area contributed by atoms with Gasteiger partial charge >= 0.3 is 0 Å². The Morgan fingerprint density at radius 3 is 0.882 bits per heavy atom. The fourth-order valence-corrected chi connectivity index (χ4v) is 14.9. The Morgan fingerprint density at radius 1 is 0.171 bits per heavy atom. The Kier molecular flexibility index (Phi) is 8.51. The summed E-state index contributed by atoms with van der Waals surface area (Å²) in [4.78, 5) is 0. The number of hydrogen-bond acceptors (Lipinski definition) is 0. The van der Waals surface area contributed by atoms with Crippen molar-refractivity contribution in [2.24, 2.45) is 0 Å². The van der Waals surface area contributed by atoms with Gasteiger partial charge in [0.2, 0.25) is 0 Å². The minimum Gasteiger partial charge on any atom is -0.0622 e. The molecular formula is C76H46. The minimum absolute atomic E-state index is 0.408. The SMILES string of the molecule is c1ccc(C2(c3ccccc3)c3ccccc3-c3ccc(-c4ccc5c6ccccc6c6c7cc(-c8ccc9c(c8)C8(c%10ccccc%10-c%10ccccc%108)c8ccccc8-9)ccc7c7ccccc7c6c5c4)cc32)cc1. The van der Waals surface area contributed by atoms with Crippen molar-refractivity contribution in [3.8, 4) is 55.6 Å². The molecule has 0 N–H and O–H groups in total. The Hall–Kier alpha value is -9.62. The molecule has 14 aromatic rings. The van der Waals surface area contributed by atoms with Crippen LogP contribution in [0, 0.1) is 0 Å². The highest BCUT2D eigenvalue weighted by Crippen LogP contribution is 2.63. The third-order valence-corrected chi connectivity index (χ3v) is 17.9. The molecule has 3 aliphatic rings. The largest absolute Gasteiger partial charge is 0.0725 e. The second-order valence-electron chi connectivity index (χ2n) is 21.3. The lowest BCUT2D eigenvalue weighted by molar-refractivity contribution is 0.769. The third kappa shape index (κ3) is 5.32. The molecule has 0 fully saturated rings. The van der Waals surface area contributed by atoms with Crippen LogP contribution in [0.25, 0.3) is 109 Å². The third-order valence-electron chi connectivity index (χ3n) is 17.9. The lowest BCUT2D eigenvalue weighted by atomic mass is 9.67. The van der Waals surface area contributed by atoms with Gasteiger partial charge in [-0.1, -0.05) is 255 Å². The maximum atomic E-state index is 2.53. The monoisotopic (exact) mass is 958 g/mol. The molecule has 0 amide bonds. The van der Waals surface area contributed by atoms with Crippen LogP contribution in [0.15, 0.2) is 279 Å². The standard InChI is InChI=1S/C76H46/c1-3-19-51(20-4-1)75(52-21-5-2-6-22-52)67-31-15-11-27-59(67)61-41-37-49(45-71(61)75)47-35-39-55-53-23-7-10-30-64(53)74-66-44-48(36-40-56(66)54-24-8-9-29-63(54)73(74)65(55)43-47)50-38-42-62-60-28-14-18-34-70(60)76(72(62)46-50)68-32-16-12-25-57(68)58-26-13-17-33-69(58)76/h1-46H. The van der Waals surface area contributed by atoms with Gasteiger partial charge in [-0.2, -0.15) is 0 Å². The molecule has 1 spiro atoms. The average molecular weight is 959 g/mol. The zero-order valence-corrected chi connectivity index (χ0v) is 41.6. The van der Waals surface area contributed by atoms with Crippen LogP contribution in [0.3, 0.4) is 0 Å². The molecule has 0 heterocycles. The molecule has 0 saturated carbocycles.